The van der Waals surface area contributed by atoms with E-state index in [4.69, 9.17) is 5.73 Å². The summed E-state index contributed by atoms with van der Waals surface area (Å²) in [6.45, 7) is -0.0883. The lowest BCUT2D eigenvalue weighted by Crippen LogP contribution is -2.17. The molecular formula is C13H11BrF2N2O2S. The van der Waals surface area contributed by atoms with Crippen molar-refractivity contribution in [1.29, 1.82) is 0 Å². The van der Waals surface area contributed by atoms with Crippen molar-refractivity contribution in [1.82, 2.24) is 0 Å². The van der Waals surface area contributed by atoms with Crippen LogP contribution in [0.3, 0.4) is 0 Å². The fraction of sp³-hybridized carbons (Fsp3) is 0.0769. The monoisotopic (exact) mass is 376 g/mol. The van der Waals surface area contributed by atoms with Crippen LogP contribution >= 0.6 is 15.9 Å². The summed E-state index contributed by atoms with van der Waals surface area (Å²) >= 11 is 3.06. The molecule has 2 aromatic carbocycles. The van der Waals surface area contributed by atoms with Crippen LogP contribution in [-0.2, 0) is 16.6 Å². The van der Waals surface area contributed by atoms with Crippen molar-refractivity contribution >= 4 is 31.6 Å². The largest absolute Gasteiger partial charge is 0.326 e. The molecule has 0 unspecified atom stereocenters. The van der Waals surface area contributed by atoms with E-state index in [1.165, 1.54) is 18.2 Å². The van der Waals surface area contributed by atoms with Gasteiger partial charge in [0.1, 0.15) is 11.6 Å². The second kappa shape index (κ2) is 6.08. The van der Waals surface area contributed by atoms with E-state index in [1.54, 1.807) is 0 Å². The molecule has 0 amide bonds. The topological polar surface area (TPSA) is 72.2 Å². The van der Waals surface area contributed by atoms with Gasteiger partial charge in [-0.15, -0.1) is 0 Å². The van der Waals surface area contributed by atoms with Crippen LogP contribution < -0.4 is 10.5 Å². The van der Waals surface area contributed by atoms with Crippen LogP contribution in [0.25, 0.3) is 0 Å². The van der Waals surface area contributed by atoms with Crippen molar-refractivity contribution in [3.63, 3.8) is 0 Å². The quantitative estimate of drug-likeness (QED) is 0.861. The SMILES string of the molecule is NCc1ccc(F)cc1S(=O)(=O)Nc1c(F)cccc1Br. The van der Waals surface area contributed by atoms with E-state index < -0.39 is 21.7 Å². The molecule has 0 heterocycles. The fourth-order valence-electron chi connectivity index (χ4n) is 1.73. The molecule has 112 valence electrons. The van der Waals surface area contributed by atoms with E-state index in [-0.39, 0.29) is 27.2 Å². The molecular weight excluding hydrogens is 366 g/mol. The summed E-state index contributed by atoms with van der Waals surface area (Å²) in [7, 11) is -4.16. The lowest BCUT2D eigenvalue weighted by Gasteiger charge is -2.13. The number of nitrogens with one attached hydrogen (secondary N) is 1. The summed E-state index contributed by atoms with van der Waals surface area (Å²) in [4.78, 5) is -0.319. The zero-order chi connectivity index (χ0) is 15.6. The normalized spacial score (nSPS) is 11.4. The average molecular weight is 377 g/mol. The second-order valence-corrected chi connectivity index (χ2v) is 6.66. The first-order chi connectivity index (χ1) is 9.85. The van der Waals surface area contributed by atoms with Crippen LogP contribution in [0.5, 0.6) is 0 Å². The molecule has 0 radical (unpaired) electrons. The number of benzene rings is 2. The number of sulfonamides is 1. The number of rotatable bonds is 4. The van der Waals surface area contributed by atoms with Gasteiger partial charge in [-0.05, 0) is 45.8 Å². The predicted octanol–water partition coefficient (Wildman–Crippen LogP) is 2.99. The number of para-hydroxylation sites is 1. The van der Waals surface area contributed by atoms with Gasteiger partial charge in [0.25, 0.3) is 10.0 Å². The van der Waals surface area contributed by atoms with Crippen molar-refractivity contribution in [2.75, 3.05) is 4.72 Å². The summed E-state index contributed by atoms with van der Waals surface area (Å²) in [5, 5.41) is 0. The molecule has 0 fully saturated rings. The first kappa shape index (κ1) is 15.9. The predicted molar refractivity (Wildman–Crippen MR) is 79.2 cm³/mol. The smallest absolute Gasteiger partial charge is 0.262 e. The third-order valence-electron chi connectivity index (χ3n) is 2.74. The Bertz CT molecular complexity index is 761. The Hall–Kier alpha value is -1.51. The van der Waals surface area contributed by atoms with Gasteiger partial charge in [0.2, 0.25) is 0 Å². The molecule has 8 heteroatoms. The highest BCUT2D eigenvalue weighted by Crippen LogP contribution is 2.28. The minimum absolute atomic E-state index is 0.0883. The van der Waals surface area contributed by atoms with Crippen molar-refractivity contribution in [2.24, 2.45) is 5.73 Å². The zero-order valence-electron chi connectivity index (χ0n) is 10.6. The highest BCUT2D eigenvalue weighted by Gasteiger charge is 2.21. The molecule has 21 heavy (non-hydrogen) atoms. The molecule has 3 N–H and O–H groups in total. The summed E-state index contributed by atoms with van der Waals surface area (Å²) in [6.07, 6.45) is 0. The highest BCUT2D eigenvalue weighted by atomic mass is 79.9. The van der Waals surface area contributed by atoms with Gasteiger partial charge in [-0.2, -0.15) is 0 Å². The molecule has 0 saturated carbocycles. The molecule has 2 rings (SSSR count). The molecule has 0 atom stereocenters. The summed E-state index contributed by atoms with van der Waals surface area (Å²) in [5.41, 5.74) is 5.44. The molecule has 0 saturated heterocycles. The molecule has 0 bridgehead atoms. The van der Waals surface area contributed by atoms with Gasteiger partial charge < -0.3 is 5.73 Å². The standard InChI is InChI=1S/C13H11BrF2N2O2S/c14-10-2-1-3-11(16)13(10)18-21(19,20)12-6-9(15)5-4-8(12)7-17/h1-6,18H,7,17H2. The van der Waals surface area contributed by atoms with Crippen LogP contribution in [0, 0.1) is 11.6 Å². The molecule has 0 aliphatic carbocycles. The van der Waals surface area contributed by atoms with Gasteiger partial charge >= 0.3 is 0 Å². The third kappa shape index (κ3) is 3.39. The van der Waals surface area contributed by atoms with Crippen molar-refractivity contribution < 1.29 is 17.2 Å². The molecule has 0 aliphatic heterocycles. The summed E-state index contributed by atoms with van der Waals surface area (Å²) < 4.78 is 54.0. The average Bonchev–Trinajstić information content (AvgIpc) is 2.43. The summed E-state index contributed by atoms with van der Waals surface area (Å²) in [5.74, 6) is -1.47. The van der Waals surface area contributed by atoms with Gasteiger partial charge in [0.15, 0.2) is 0 Å². The van der Waals surface area contributed by atoms with E-state index in [0.717, 1.165) is 18.2 Å². The van der Waals surface area contributed by atoms with Crippen molar-refractivity contribution in [3.8, 4) is 0 Å². The van der Waals surface area contributed by atoms with Crippen molar-refractivity contribution in [3.05, 3.63) is 58.1 Å². The maximum absolute atomic E-state index is 13.7. The molecule has 0 aliphatic rings. The van der Waals surface area contributed by atoms with E-state index in [1.807, 2.05) is 0 Å². The van der Waals surface area contributed by atoms with Gasteiger partial charge in [-0.3, -0.25) is 4.72 Å². The van der Waals surface area contributed by atoms with Gasteiger partial charge in [-0.25, -0.2) is 17.2 Å². The summed E-state index contributed by atoms with van der Waals surface area (Å²) in [6, 6.07) is 7.25. The lowest BCUT2D eigenvalue weighted by atomic mass is 10.2. The second-order valence-electron chi connectivity index (χ2n) is 4.16. The number of halogens is 3. The first-order valence-electron chi connectivity index (χ1n) is 5.80. The highest BCUT2D eigenvalue weighted by molar-refractivity contribution is 9.10. The van der Waals surface area contributed by atoms with E-state index in [0.29, 0.717) is 0 Å². The minimum atomic E-state index is -4.16. The van der Waals surface area contributed by atoms with Gasteiger partial charge in [0, 0.05) is 11.0 Å². The van der Waals surface area contributed by atoms with E-state index in [2.05, 4.69) is 20.7 Å². The van der Waals surface area contributed by atoms with Crippen LogP contribution in [0.1, 0.15) is 5.56 Å². The number of nitrogens with two attached hydrogens (primary N) is 1. The Morgan fingerprint density at radius 3 is 2.52 bits per heavy atom. The third-order valence-corrected chi connectivity index (χ3v) is 4.83. The Morgan fingerprint density at radius 2 is 1.90 bits per heavy atom. The Kier molecular flexibility index (Phi) is 4.60. The van der Waals surface area contributed by atoms with Crippen LogP contribution in [0.15, 0.2) is 45.8 Å². The maximum atomic E-state index is 13.7. The minimum Gasteiger partial charge on any atom is -0.326 e. The fourth-order valence-corrected chi connectivity index (χ4v) is 3.65. The number of hydrogen-bond donors (Lipinski definition) is 2. The number of hydrogen-bond acceptors (Lipinski definition) is 3. The molecule has 0 aromatic heterocycles. The Balaban J connectivity index is 2.51. The molecule has 0 spiro atoms. The van der Waals surface area contributed by atoms with Crippen LogP contribution in [-0.4, -0.2) is 8.42 Å². The van der Waals surface area contributed by atoms with Crippen LogP contribution in [0.2, 0.25) is 0 Å². The first-order valence-corrected chi connectivity index (χ1v) is 8.08. The maximum Gasteiger partial charge on any atom is 0.262 e. The van der Waals surface area contributed by atoms with E-state index in [9.17, 15) is 17.2 Å². The Morgan fingerprint density at radius 1 is 1.19 bits per heavy atom. The van der Waals surface area contributed by atoms with Gasteiger partial charge in [0.05, 0.1) is 10.6 Å². The molecule has 2 aromatic rings. The van der Waals surface area contributed by atoms with Crippen molar-refractivity contribution in [2.45, 2.75) is 11.4 Å². The zero-order valence-corrected chi connectivity index (χ0v) is 13.0. The number of anilines is 1. The van der Waals surface area contributed by atoms with Gasteiger partial charge in [-0.1, -0.05) is 12.1 Å². The lowest BCUT2D eigenvalue weighted by molar-refractivity contribution is 0.591. The van der Waals surface area contributed by atoms with E-state index >= 15 is 0 Å². The molecule has 4 nitrogen and oxygen atoms in total. The Labute approximate surface area is 129 Å². The van der Waals surface area contributed by atoms with Crippen LogP contribution in [0.4, 0.5) is 14.5 Å².